The summed E-state index contributed by atoms with van der Waals surface area (Å²) < 4.78 is 12.1. The number of hydrogen-bond acceptors (Lipinski definition) is 2. The minimum Gasteiger partial charge on any atom is -0.489 e. The van der Waals surface area contributed by atoms with Crippen molar-refractivity contribution < 1.29 is 9.47 Å². The number of rotatable bonds is 3. The van der Waals surface area contributed by atoms with Gasteiger partial charge in [-0.05, 0) is 25.5 Å². The molecule has 1 aliphatic heterocycles. The fraction of sp³-hybridized carbons (Fsp3) is 0.600. The third-order valence-electron chi connectivity index (χ3n) is 4.58. The molecule has 2 nitrogen and oxygen atoms in total. The van der Waals surface area contributed by atoms with Gasteiger partial charge in [-0.3, -0.25) is 0 Å². The molecular weight excluding hydrogens is 240 g/mol. The largest absolute Gasteiger partial charge is 0.489 e. The van der Waals surface area contributed by atoms with Crippen LogP contribution in [0.5, 0.6) is 5.75 Å². The molecule has 2 rings (SSSR count). The molecule has 1 fully saturated rings. The number of hydrogen-bond donors (Lipinski definition) is 0. The van der Waals surface area contributed by atoms with Gasteiger partial charge in [-0.25, -0.2) is 0 Å². The van der Waals surface area contributed by atoms with Gasteiger partial charge in [-0.2, -0.15) is 0 Å². The first-order chi connectivity index (χ1) is 8.49. The highest BCUT2D eigenvalue weighted by molar-refractivity contribution is 6.80. The molecule has 1 aromatic rings. The van der Waals surface area contributed by atoms with Crippen molar-refractivity contribution in [2.75, 3.05) is 7.11 Å². The van der Waals surface area contributed by atoms with E-state index in [9.17, 15) is 0 Å². The van der Waals surface area contributed by atoms with E-state index in [0.717, 1.165) is 12.2 Å². The molecule has 0 N–H and O–H groups in total. The molecule has 3 heteroatoms. The van der Waals surface area contributed by atoms with Gasteiger partial charge in [0.15, 0.2) is 0 Å². The molecule has 1 heterocycles. The SMILES string of the molecule is COC1CCC[Si](C)(C)C1(C)Oc1ccccc1. The van der Waals surface area contributed by atoms with Crippen molar-refractivity contribution in [2.24, 2.45) is 0 Å². The minimum absolute atomic E-state index is 0.138. The zero-order chi connectivity index (χ0) is 13.2. The highest BCUT2D eigenvalue weighted by atomic mass is 28.3. The van der Waals surface area contributed by atoms with E-state index in [0.29, 0.717) is 0 Å². The van der Waals surface area contributed by atoms with Crippen molar-refractivity contribution in [3.05, 3.63) is 30.3 Å². The molecule has 0 amide bonds. The van der Waals surface area contributed by atoms with Gasteiger partial charge in [0.1, 0.15) is 19.0 Å². The van der Waals surface area contributed by atoms with Crippen LogP contribution in [-0.4, -0.2) is 26.5 Å². The van der Waals surface area contributed by atoms with Crippen LogP contribution in [0.1, 0.15) is 19.8 Å². The number of methoxy groups -OCH3 is 1. The predicted octanol–water partition coefficient (Wildman–Crippen LogP) is 3.88. The highest BCUT2D eigenvalue weighted by Gasteiger charge is 2.53. The molecule has 0 bridgehead atoms. The third-order valence-corrected chi connectivity index (χ3v) is 9.30. The predicted molar refractivity (Wildman–Crippen MR) is 77.8 cm³/mol. The quantitative estimate of drug-likeness (QED) is 0.771. The van der Waals surface area contributed by atoms with Gasteiger partial charge in [0, 0.05) is 7.11 Å². The lowest BCUT2D eigenvalue weighted by Crippen LogP contribution is -2.65. The van der Waals surface area contributed by atoms with Crippen LogP contribution in [0.4, 0.5) is 0 Å². The van der Waals surface area contributed by atoms with Crippen LogP contribution >= 0.6 is 0 Å². The Labute approximate surface area is 111 Å². The maximum absolute atomic E-state index is 6.40. The maximum Gasteiger partial charge on any atom is 0.119 e. The first-order valence-electron chi connectivity index (χ1n) is 6.76. The zero-order valence-electron chi connectivity index (χ0n) is 11.9. The average molecular weight is 264 g/mol. The summed E-state index contributed by atoms with van der Waals surface area (Å²) in [6, 6.07) is 11.5. The molecule has 1 aromatic carbocycles. The summed E-state index contributed by atoms with van der Waals surface area (Å²) in [5.41, 5.74) is 0. The fourth-order valence-electron chi connectivity index (χ4n) is 2.97. The Morgan fingerprint density at radius 1 is 1.22 bits per heavy atom. The summed E-state index contributed by atoms with van der Waals surface area (Å²) >= 11 is 0. The fourth-order valence-corrected chi connectivity index (χ4v) is 6.08. The smallest absolute Gasteiger partial charge is 0.119 e. The van der Waals surface area contributed by atoms with Crippen LogP contribution < -0.4 is 4.74 Å². The molecule has 2 unspecified atom stereocenters. The van der Waals surface area contributed by atoms with E-state index >= 15 is 0 Å². The van der Waals surface area contributed by atoms with Crippen molar-refractivity contribution in [3.8, 4) is 5.75 Å². The standard InChI is InChI=1S/C15H24O2Si/c1-15(17-13-9-6-5-7-10-13)14(16-2)11-8-12-18(15,3)4/h5-7,9-10,14H,8,11-12H2,1-4H3. The lowest BCUT2D eigenvalue weighted by molar-refractivity contribution is -0.0323. The molecule has 100 valence electrons. The van der Waals surface area contributed by atoms with Gasteiger partial charge in [0.05, 0.1) is 6.10 Å². The van der Waals surface area contributed by atoms with E-state index in [1.807, 2.05) is 37.4 Å². The van der Waals surface area contributed by atoms with E-state index in [1.165, 1.54) is 12.5 Å². The normalized spacial score (nSPS) is 31.0. The van der Waals surface area contributed by atoms with Gasteiger partial charge in [-0.15, -0.1) is 0 Å². The zero-order valence-corrected chi connectivity index (χ0v) is 12.9. The topological polar surface area (TPSA) is 18.5 Å². The van der Waals surface area contributed by atoms with Crippen molar-refractivity contribution in [1.29, 1.82) is 0 Å². The van der Waals surface area contributed by atoms with Crippen LogP contribution in [-0.2, 0) is 4.74 Å². The van der Waals surface area contributed by atoms with Crippen LogP contribution in [0.25, 0.3) is 0 Å². The molecule has 0 radical (unpaired) electrons. The second kappa shape index (κ2) is 5.06. The molecule has 0 saturated carbocycles. The summed E-state index contributed by atoms with van der Waals surface area (Å²) in [7, 11) is 0.354. The number of ether oxygens (including phenoxy) is 2. The van der Waals surface area contributed by atoms with E-state index in [1.54, 1.807) is 0 Å². The summed E-state index contributed by atoms with van der Waals surface area (Å²) in [5, 5.41) is -0.138. The van der Waals surface area contributed by atoms with Crippen molar-refractivity contribution in [1.82, 2.24) is 0 Å². The molecular formula is C15H24O2Si. The first-order valence-corrected chi connectivity index (χ1v) is 9.97. The van der Waals surface area contributed by atoms with Crippen LogP contribution in [0.15, 0.2) is 30.3 Å². The van der Waals surface area contributed by atoms with Crippen LogP contribution in [0.3, 0.4) is 0 Å². The Bertz CT molecular complexity index is 391. The number of benzene rings is 1. The van der Waals surface area contributed by atoms with Gasteiger partial charge >= 0.3 is 0 Å². The van der Waals surface area contributed by atoms with Crippen molar-refractivity contribution >= 4 is 8.07 Å². The minimum atomic E-state index is -1.46. The third kappa shape index (κ3) is 2.34. The first kappa shape index (κ1) is 13.6. The summed E-state index contributed by atoms with van der Waals surface area (Å²) in [6.45, 7) is 7.09. The Balaban J connectivity index is 2.29. The molecule has 1 saturated heterocycles. The Morgan fingerprint density at radius 2 is 1.89 bits per heavy atom. The molecule has 2 atom stereocenters. The molecule has 0 aromatic heterocycles. The Kier molecular flexibility index (Phi) is 3.83. The Morgan fingerprint density at radius 3 is 2.50 bits per heavy atom. The summed E-state index contributed by atoms with van der Waals surface area (Å²) in [6.07, 6.45) is 2.59. The molecule has 0 aliphatic carbocycles. The molecule has 18 heavy (non-hydrogen) atoms. The summed E-state index contributed by atoms with van der Waals surface area (Å²) in [5.74, 6) is 0.963. The highest BCUT2D eigenvalue weighted by Crippen LogP contribution is 2.40. The lowest BCUT2D eigenvalue weighted by atomic mass is 10.1. The van der Waals surface area contributed by atoms with E-state index in [2.05, 4.69) is 20.0 Å². The van der Waals surface area contributed by atoms with Gasteiger partial charge in [0.25, 0.3) is 0 Å². The van der Waals surface area contributed by atoms with Gasteiger partial charge in [-0.1, -0.05) is 43.8 Å². The second-order valence-electron chi connectivity index (χ2n) is 6.02. The molecule has 1 aliphatic rings. The number of para-hydroxylation sites is 1. The van der Waals surface area contributed by atoms with E-state index < -0.39 is 8.07 Å². The monoisotopic (exact) mass is 264 g/mol. The Hall–Kier alpha value is -0.803. The van der Waals surface area contributed by atoms with Crippen molar-refractivity contribution in [3.63, 3.8) is 0 Å². The van der Waals surface area contributed by atoms with E-state index in [4.69, 9.17) is 9.47 Å². The van der Waals surface area contributed by atoms with Gasteiger partial charge in [0.2, 0.25) is 0 Å². The lowest BCUT2D eigenvalue weighted by Gasteiger charge is -2.50. The van der Waals surface area contributed by atoms with Crippen LogP contribution in [0.2, 0.25) is 19.1 Å². The van der Waals surface area contributed by atoms with Crippen molar-refractivity contribution in [2.45, 2.75) is 50.2 Å². The van der Waals surface area contributed by atoms with Gasteiger partial charge < -0.3 is 9.47 Å². The average Bonchev–Trinajstić information content (AvgIpc) is 2.34. The van der Waals surface area contributed by atoms with E-state index in [-0.39, 0.29) is 11.3 Å². The summed E-state index contributed by atoms with van der Waals surface area (Å²) in [4.78, 5) is 0. The maximum atomic E-state index is 6.40. The second-order valence-corrected chi connectivity index (χ2v) is 11.3. The molecule has 0 spiro atoms. The van der Waals surface area contributed by atoms with Crippen LogP contribution in [0, 0.1) is 0 Å².